The predicted octanol–water partition coefficient (Wildman–Crippen LogP) is 1.79. The molecule has 4 nitrogen and oxygen atoms in total. The third-order valence-electron chi connectivity index (χ3n) is 2.80. The van der Waals surface area contributed by atoms with Crippen molar-refractivity contribution in [3.05, 3.63) is 11.8 Å². The van der Waals surface area contributed by atoms with Crippen LogP contribution in [0.2, 0.25) is 0 Å². The Kier molecular flexibility index (Phi) is 3.83. The van der Waals surface area contributed by atoms with Crippen molar-refractivity contribution in [3.8, 4) is 0 Å². The Balaban J connectivity index is 1.79. The van der Waals surface area contributed by atoms with E-state index >= 15 is 0 Å². The summed E-state index contributed by atoms with van der Waals surface area (Å²) in [6, 6.07) is 0. The van der Waals surface area contributed by atoms with Crippen LogP contribution in [-0.2, 0) is 19.0 Å². The Hall–Kier alpha value is -1.03. The van der Waals surface area contributed by atoms with E-state index in [2.05, 4.69) is 0 Å². The van der Waals surface area contributed by atoms with Crippen molar-refractivity contribution < 1.29 is 19.0 Å². The van der Waals surface area contributed by atoms with E-state index in [4.69, 9.17) is 14.2 Å². The van der Waals surface area contributed by atoms with E-state index in [0.29, 0.717) is 6.61 Å². The molecule has 2 aliphatic rings. The van der Waals surface area contributed by atoms with E-state index in [-0.39, 0.29) is 18.2 Å². The van der Waals surface area contributed by atoms with Crippen molar-refractivity contribution in [2.75, 3.05) is 13.2 Å². The molecule has 1 fully saturated rings. The summed E-state index contributed by atoms with van der Waals surface area (Å²) in [7, 11) is 0. The molecule has 2 rings (SSSR count). The third kappa shape index (κ3) is 3.23. The van der Waals surface area contributed by atoms with Gasteiger partial charge in [0.15, 0.2) is 0 Å². The predicted molar refractivity (Wildman–Crippen MR) is 57.8 cm³/mol. The molecule has 1 saturated heterocycles. The highest BCUT2D eigenvalue weighted by Gasteiger charge is 2.23. The monoisotopic (exact) mass is 226 g/mol. The van der Waals surface area contributed by atoms with E-state index in [1.165, 1.54) is 6.92 Å². The molecule has 0 saturated carbocycles. The van der Waals surface area contributed by atoms with Crippen molar-refractivity contribution in [2.24, 2.45) is 0 Å². The van der Waals surface area contributed by atoms with Gasteiger partial charge in [-0.3, -0.25) is 4.79 Å². The molecule has 4 heteroatoms. The summed E-state index contributed by atoms with van der Waals surface area (Å²) in [6.45, 7) is 2.95. The molecule has 1 heterocycles. The Morgan fingerprint density at radius 1 is 1.50 bits per heavy atom. The molecule has 0 radical (unpaired) electrons. The Morgan fingerprint density at radius 2 is 2.38 bits per heavy atom. The van der Waals surface area contributed by atoms with Gasteiger partial charge in [-0.15, -0.1) is 0 Å². The Morgan fingerprint density at radius 3 is 3.06 bits per heavy atom. The molecule has 0 spiro atoms. The van der Waals surface area contributed by atoms with E-state index in [9.17, 15) is 4.79 Å². The molecular formula is C12H18O4. The average Bonchev–Trinajstić information content (AvgIpc) is 2.66. The van der Waals surface area contributed by atoms with Crippen LogP contribution in [0.25, 0.3) is 0 Å². The number of allylic oxidation sites excluding steroid dienone is 1. The van der Waals surface area contributed by atoms with Gasteiger partial charge in [0.2, 0.25) is 0 Å². The zero-order chi connectivity index (χ0) is 11.4. The molecule has 0 N–H and O–H groups in total. The Labute approximate surface area is 95.6 Å². The molecule has 0 aromatic rings. The van der Waals surface area contributed by atoms with Gasteiger partial charge in [-0.25, -0.2) is 0 Å². The zero-order valence-corrected chi connectivity index (χ0v) is 9.61. The lowest BCUT2D eigenvalue weighted by Gasteiger charge is -2.23. The first kappa shape index (κ1) is 11.5. The van der Waals surface area contributed by atoms with Crippen molar-refractivity contribution >= 4 is 5.97 Å². The van der Waals surface area contributed by atoms with E-state index in [1.807, 2.05) is 6.08 Å². The molecule has 2 unspecified atom stereocenters. The second-order valence-electron chi connectivity index (χ2n) is 4.28. The fourth-order valence-corrected chi connectivity index (χ4v) is 2.08. The summed E-state index contributed by atoms with van der Waals surface area (Å²) in [5, 5.41) is 0. The maximum absolute atomic E-state index is 10.8. The van der Waals surface area contributed by atoms with Crippen molar-refractivity contribution in [1.29, 1.82) is 0 Å². The summed E-state index contributed by atoms with van der Waals surface area (Å²) in [6.07, 6.45) is 5.79. The largest absolute Gasteiger partial charge is 0.493 e. The van der Waals surface area contributed by atoms with Gasteiger partial charge in [0.1, 0.15) is 12.2 Å². The van der Waals surface area contributed by atoms with Gasteiger partial charge in [-0.2, -0.15) is 0 Å². The molecule has 16 heavy (non-hydrogen) atoms. The van der Waals surface area contributed by atoms with Crippen molar-refractivity contribution in [3.63, 3.8) is 0 Å². The summed E-state index contributed by atoms with van der Waals surface area (Å²) in [5.74, 6) is 0.713. The van der Waals surface area contributed by atoms with Crippen LogP contribution in [0.4, 0.5) is 0 Å². The first-order valence-electron chi connectivity index (χ1n) is 5.86. The minimum Gasteiger partial charge on any atom is -0.493 e. The van der Waals surface area contributed by atoms with Gasteiger partial charge < -0.3 is 14.2 Å². The first-order chi connectivity index (χ1) is 7.74. The lowest BCUT2D eigenvalue weighted by Crippen LogP contribution is -2.24. The molecule has 0 amide bonds. The highest BCUT2D eigenvalue weighted by Crippen LogP contribution is 2.25. The van der Waals surface area contributed by atoms with E-state index in [1.54, 1.807) is 0 Å². The lowest BCUT2D eigenvalue weighted by molar-refractivity contribution is -0.144. The minimum absolute atomic E-state index is 0.1000. The van der Waals surface area contributed by atoms with Gasteiger partial charge in [0.05, 0.1) is 12.4 Å². The molecule has 2 atom stereocenters. The van der Waals surface area contributed by atoms with E-state index < -0.39 is 0 Å². The summed E-state index contributed by atoms with van der Waals surface area (Å²) in [4.78, 5) is 10.8. The standard InChI is InChI=1S/C12H18O4/c1-9(13)15-10-4-5-11(7-10)16-12-3-2-6-14-8-12/h7,10,12H,2-6,8H2,1H3. The van der Waals surface area contributed by atoms with E-state index in [0.717, 1.165) is 38.0 Å². The number of rotatable bonds is 3. The first-order valence-corrected chi connectivity index (χ1v) is 5.86. The molecule has 0 aromatic carbocycles. The minimum atomic E-state index is -0.233. The average molecular weight is 226 g/mol. The lowest BCUT2D eigenvalue weighted by atomic mass is 10.2. The van der Waals surface area contributed by atoms with Gasteiger partial charge in [0, 0.05) is 20.0 Å². The number of ether oxygens (including phenoxy) is 3. The van der Waals surface area contributed by atoms with Crippen LogP contribution in [-0.4, -0.2) is 31.4 Å². The third-order valence-corrected chi connectivity index (χ3v) is 2.80. The quantitative estimate of drug-likeness (QED) is 0.688. The van der Waals surface area contributed by atoms with Gasteiger partial charge in [-0.05, 0) is 25.3 Å². The number of carbonyl (C=O) groups excluding carboxylic acids is 1. The molecule has 0 aromatic heterocycles. The second kappa shape index (κ2) is 5.34. The summed E-state index contributed by atoms with van der Waals surface area (Å²) < 4.78 is 16.3. The Bertz CT molecular complexity index is 279. The van der Waals surface area contributed by atoms with Crippen LogP contribution < -0.4 is 0 Å². The molecule has 0 bridgehead atoms. The highest BCUT2D eigenvalue weighted by molar-refractivity contribution is 5.66. The molecule has 1 aliphatic heterocycles. The van der Waals surface area contributed by atoms with Gasteiger partial charge in [0.25, 0.3) is 0 Å². The van der Waals surface area contributed by atoms with Crippen molar-refractivity contribution in [1.82, 2.24) is 0 Å². The second-order valence-corrected chi connectivity index (χ2v) is 4.28. The van der Waals surface area contributed by atoms with Crippen LogP contribution in [0.15, 0.2) is 11.8 Å². The number of hydrogen-bond acceptors (Lipinski definition) is 4. The smallest absolute Gasteiger partial charge is 0.303 e. The fourth-order valence-electron chi connectivity index (χ4n) is 2.08. The van der Waals surface area contributed by atoms with Gasteiger partial charge in [-0.1, -0.05) is 0 Å². The fraction of sp³-hybridized carbons (Fsp3) is 0.750. The molecular weight excluding hydrogens is 208 g/mol. The summed E-state index contributed by atoms with van der Waals surface area (Å²) in [5.41, 5.74) is 0. The number of esters is 1. The zero-order valence-electron chi connectivity index (χ0n) is 9.61. The van der Waals surface area contributed by atoms with Crippen molar-refractivity contribution in [2.45, 2.75) is 44.8 Å². The number of hydrogen-bond donors (Lipinski definition) is 0. The molecule has 90 valence electrons. The van der Waals surface area contributed by atoms with Crippen LogP contribution in [0.5, 0.6) is 0 Å². The highest BCUT2D eigenvalue weighted by atomic mass is 16.6. The van der Waals surface area contributed by atoms with Crippen LogP contribution in [0.1, 0.15) is 32.6 Å². The summed E-state index contributed by atoms with van der Waals surface area (Å²) >= 11 is 0. The maximum Gasteiger partial charge on any atom is 0.303 e. The molecule has 1 aliphatic carbocycles. The maximum atomic E-state index is 10.8. The number of carbonyl (C=O) groups is 1. The van der Waals surface area contributed by atoms with Crippen LogP contribution in [0.3, 0.4) is 0 Å². The van der Waals surface area contributed by atoms with Gasteiger partial charge >= 0.3 is 5.97 Å². The van der Waals surface area contributed by atoms with Crippen LogP contribution >= 0.6 is 0 Å². The van der Waals surface area contributed by atoms with Crippen LogP contribution in [0, 0.1) is 0 Å². The normalized spacial score (nSPS) is 29.7. The topological polar surface area (TPSA) is 44.8 Å². The SMILES string of the molecule is CC(=O)OC1C=C(OC2CCCOC2)CC1.